The number of aryl methyl sites for hydroxylation is 2. The lowest BCUT2D eigenvalue weighted by molar-refractivity contribution is 0.414. The summed E-state index contributed by atoms with van der Waals surface area (Å²) < 4.78 is 12.3. The van der Waals surface area contributed by atoms with Gasteiger partial charge < -0.3 is 9.47 Å². The SMILES string of the molecule is COc1ccc(SC2SC(Sc3ccc(C)cc3)C(Sc3ccc(C)cc3)SC2Sc2ccc(OC)cc2)cc1. The highest BCUT2D eigenvalue weighted by atomic mass is 32.2. The maximum absolute atomic E-state index is 5.41. The number of rotatable bonds is 10. The lowest BCUT2D eigenvalue weighted by Crippen LogP contribution is -2.30. The Morgan fingerprint density at radius 2 is 0.675 bits per heavy atom. The summed E-state index contributed by atoms with van der Waals surface area (Å²) in [6, 6.07) is 34.9. The Morgan fingerprint density at radius 1 is 0.425 bits per heavy atom. The molecule has 1 saturated heterocycles. The van der Waals surface area contributed by atoms with Gasteiger partial charge >= 0.3 is 0 Å². The molecule has 0 aromatic heterocycles. The van der Waals surface area contributed by atoms with Crippen molar-refractivity contribution in [3.8, 4) is 11.5 Å². The molecule has 4 aromatic rings. The van der Waals surface area contributed by atoms with Gasteiger partial charge in [0.15, 0.2) is 0 Å². The second kappa shape index (κ2) is 14.7. The van der Waals surface area contributed by atoms with E-state index in [1.54, 1.807) is 14.2 Å². The van der Waals surface area contributed by atoms with Gasteiger partial charge in [-0.3, -0.25) is 0 Å². The minimum Gasteiger partial charge on any atom is -0.497 e. The monoisotopic (exact) mass is 640 g/mol. The molecule has 4 aromatic carbocycles. The standard InChI is InChI=1S/C32H32O2S6/c1-21-5-13-25(14-6-21)35-29-30(36-26-15-7-22(2)8-16-26)40-32(38-28-19-11-24(34-4)12-20-28)31(39-29)37-27-17-9-23(33-3)10-18-27/h5-20,29-32H,1-4H3. The topological polar surface area (TPSA) is 18.5 Å². The van der Waals surface area contributed by atoms with E-state index in [2.05, 4.69) is 134 Å². The third-order valence-corrected chi connectivity index (χ3v) is 16.4. The van der Waals surface area contributed by atoms with Crippen LogP contribution in [0.4, 0.5) is 0 Å². The predicted molar refractivity (Wildman–Crippen MR) is 182 cm³/mol. The molecule has 0 amide bonds. The third-order valence-electron chi connectivity index (χ3n) is 6.15. The third kappa shape index (κ3) is 8.33. The van der Waals surface area contributed by atoms with E-state index in [1.165, 1.54) is 30.7 Å². The van der Waals surface area contributed by atoms with Gasteiger partial charge in [0, 0.05) is 19.6 Å². The highest BCUT2D eigenvalue weighted by Gasteiger charge is 2.40. The molecular weight excluding hydrogens is 609 g/mol. The van der Waals surface area contributed by atoms with E-state index >= 15 is 0 Å². The molecule has 0 N–H and O–H groups in total. The molecule has 1 fully saturated rings. The second-order valence-electron chi connectivity index (χ2n) is 9.19. The summed E-state index contributed by atoms with van der Waals surface area (Å²) in [7, 11) is 3.44. The van der Waals surface area contributed by atoms with Crippen LogP contribution >= 0.6 is 70.6 Å². The van der Waals surface area contributed by atoms with Gasteiger partial charge in [-0.1, -0.05) is 35.4 Å². The number of methoxy groups -OCH3 is 2. The van der Waals surface area contributed by atoms with Crippen LogP contribution in [-0.4, -0.2) is 32.5 Å². The molecular formula is C32H32O2S6. The van der Waals surface area contributed by atoms with Gasteiger partial charge in [-0.2, -0.15) is 0 Å². The Hall–Kier alpha value is -1.42. The van der Waals surface area contributed by atoms with Crippen molar-refractivity contribution in [2.75, 3.05) is 14.2 Å². The molecule has 0 bridgehead atoms. The fourth-order valence-corrected chi connectivity index (χ4v) is 14.6. The van der Waals surface area contributed by atoms with Crippen LogP contribution in [0.3, 0.4) is 0 Å². The molecule has 0 saturated carbocycles. The number of hydrogen-bond acceptors (Lipinski definition) is 8. The van der Waals surface area contributed by atoms with E-state index in [1.807, 2.05) is 47.0 Å². The van der Waals surface area contributed by atoms with Crippen molar-refractivity contribution in [1.82, 2.24) is 0 Å². The van der Waals surface area contributed by atoms with Crippen LogP contribution in [0.5, 0.6) is 11.5 Å². The van der Waals surface area contributed by atoms with E-state index in [-0.39, 0.29) is 0 Å². The molecule has 1 aliphatic heterocycles. The highest BCUT2D eigenvalue weighted by Crippen LogP contribution is 2.59. The molecule has 40 heavy (non-hydrogen) atoms. The second-order valence-corrected chi connectivity index (χ2v) is 17.8. The summed E-state index contributed by atoms with van der Waals surface area (Å²) in [6.45, 7) is 4.30. The van der Waals surface area contributed by atoms with Gasteiger partial charge in [0.05, 0.1) is 32.5 Å². The molecule has 208 valence electrons. The van der Waals surface area contributed by atoms with Gasteiger partial charge in [0.1, 0.15) is 11.5 Å². The molecule has 1 heterocycles. The average Bonchev–Trinajstić information content (AvgIpc) is 2.98. The van der Waals surface area contributed by atoms with Crippen molar-refractivity contribution in [3.63, 3.8) is 0 Å². The summed E-state index contributed by atoms with van der Waals surface area (Å²) in [4.78, 5) is 5.19. The number of ether oxygens (including phenoxy) is 2. The van der Waals surface area contributed by atoms with Crippen LogP contribution in [0.1, 0.15) is 11.1 Å². The van der Waals surface area contributed by atoms with Gasteiger partial charge in [-0.15, -0.1) is 70.6 Å². The zero-order valence-electron chi connectivity index (χ0n) is 22.8. The van der Waals surface area contributed by atoms with Crippen molar-refractivity contribution in [2.24, 2.45) is 0 Å². The Bertz CT molecular complexity index is 1240. The van der Waals surface area contributed by atoms with Gasteiger partial charge in [0.25, 0.3) is 0 Å². The largest absolute Gasteiger partial charge is 0.497 e. The quantitative estimate of drug-likeness (QED) is 0.168. The first-order chi connectivity index (χ1) is 19.5. The zero-order chi connectivity index (χ0) is 27.9. The van der Waals surface area contributed by atoms with E-state index in [0.29, 0.717) is 18.3 Å². The highest BCUT2D eigenvalue weighted by molar-refractivity contribution is 8.33. The minimum atomic E-state index is 0.364. The maximum atomic E-state index is 5.41. The van der Waals surface area contributed by atoms with Crippen molar-refractivity contribution in [1.29, 1.82) is 0 Å². The molecule has 0 radical (unpaired) electrons. The molecule has 8 heteroatoms. The first kappa shape index (κ1) is 30.1. The van der Waals surface area contributed by atoms with Crippen molar-refractivity contribution in [3.05, 3.63) is 108 Å². The Morgan fingerprint density at radius 3 is 0.925 bits per heavy atom. The van der Waals surface area contributed by atoms with E-state index < -0.39 is 0 Å². The number of hydrogen-bond donors (Lipinski definition) is 0. The summed E-state index contributed by atoms with van der Waals surface area (Å²) in [5, 5.41) is 0. The fraction of sp³-hybridized carbons (Fsp3) is 0.250. The normalized spacial score (nSPS) is 20.7. The van der Waals surface area contributed by atoms with E-state index in [0.717, 1.165) is 11.5 Å². The lowest BCUT2D eigenvalue weighted by Gasteiger charge is -2.39. The van der Waals surface area contributed by atoms with Crippen molar-refractivity contribution < 1.29 is 9.47 Å². The molecule has 2 nitrogen and oxygen atoms in total. The minimum absolute atomic E-state index is 0.364. The van der Waals surface area contributed by atoms with Crippen LogP contribution in [0.15, 0.2) is 117 Å². The van der Waals surface area contributed by atoms with Crippen LogP contribution in [0, 0.1) is 13.8 Å². The van der Waals surface area contributed by atoms with E-state index in [9.17, 15) is 0 Å². The Kier molecular flexibility index (Phi) is 11.0. The predicted octanol–water partition coefficient (Wildman–Crippen LogP) is 10.6. The average molecular weight is 641 g/mol. The van der Waals surface area contributed by atoms with Crippen LogP contribution < -0.4 is 9.47 Å². The molecule has 4 atom stereocenters. The molecule has 0 aliphatic carbocycles. The Labute approximate surface area is 263 Å². The number of benzene rings is 4. The van der Waals surface area contributed by atoms with Gasteiger partial charge in [-0.25, -0.2) is 0 Å². The molecule has 5 rings (SSSR count). The number of thioether (sulfide) groups is 6. The molecule has 1 aliphatic rings. The molecule has 4 unspecified atom stereocenters. The first-order valence-electron chi connectivity index (χ1n) is 12.9. The van der Waals surface area contributed by atoms with Crippen LogP contribution in [0.2, 0.25) is 0 Å². The smallest absolute Gasteiger partial charge is 0.118 e. The maximum Gasteiger partial charge on any atom is 0.118 e. The summed E-state index contributed by atoms with van der Waals surface area (Å²) >= 11 is 12.1. The van der Waals surface area contributed by atoms with Gasteiger partial charge in [-0.05, 0) is 86.6 Å². The van der Waals surface area contributed by atoms with Crippen molar-refractivity contribution in [2.45, 2.75) is 51.8 Å². The Balaban J connectivity index is 1.43. The van der Waals surface area contributed by atoms with Crippen LogP contribution in [0.25, 0.3) is 0 Å². The summed E-state index contributed by atoms with van der Waals surface area (Å²) in [5.41, 5.74) is 2.59. The van der Waals surface area contributed by atoms with Crippen LogP contribution in [-0.2, 0) is 0 Å². The first-order valence-corrected chi connectivity index (χ1v) is 18.3. The van der Waals surface area contributed by atoms with Gasteiger partial charge in [0.2, 0.25) is 0 Å². The summed E-state index contributed by atoms with van der Waals surface area (Å²) in [5.74, 6) is 1.78. The van der Waals surface area contributed by atoms with E-state index in [4.69, 9.17) is 9.47 Å². The lowest BCUT2D eigenvalue weighted by atomic mass is 10.2. The van der Waals surface area contributed by atoms with Crippen molar-refractivity contribution >= 4 is 70.6 Å². The fourth-order valence-electron chi connectivity index (χ4n) is 3.93. The zero-order valence-corrected chi connectivity index (χ0v) is 27.7. The summed E-state index contributed by atoms with van der Waals surface area (Å²) in [6.07, 6.45) is 0. The molecule has 0 spiro atoms.